The molecule has 0 aliphatic carbocycles. The van der Waals surface area contributed by atoms with Crippen LogP contribution in [0.5, 0.6) is 5.75 Å². The number of hydrogen-bond acceptors (Lipinski definition) is 7. The molecule has 10 heteroatoms. The van der Waals surface area contributed by atoms with E-state index in [4.69, 9.17) is 4.74 Å². The van der Waals surface area contributed by atoms with E-state index in [-0.39, 0.29) is 5.56 Å². The molecule has 4 heterocycles. The molecule has 9 nitrogen and oxygen atoms in total. The summed E-state index contributed by atoms with van der Waals surface area (Å²) in [4.78, 5) is 12.7. The van der Waals surface area contributed by atoms with E-state index in [9.17, 15) is 4.79 Å². The van der Waals surface area contributed by atoms with Crippen LogP contribution in [0.2, 0.25) is 0 Å². The van der Waals surface area contributed by atoms with Crippen LogP contribution in [0.4, 0.5) is 0 Å². The van der Waals surface area contributed by atoms with Gasteiger partial charge in [-0.1, -0.05) is 23.9 Å². The Balaban J connectivity index is 1.49. The van der Waals surface area contributed by atoms with E-state index >= 15 is 0 Å². The molecule has 0 spiro atoms. The van der Waals surface area contributed by atoms with E-state index < -0.39 is 0 Å². The zero-order valence-electron chi connectivity index (χ0n) is 18.2. The Labute approximate surface area is 191 Å². The third kappa shape index (κ3) is 2.91. The van der Waals surface area contributed by atoms with Crippen LogP contribution in [-0.4, -0.2) is 40.9 Å². The third-order valence-electron chi connectivity index (χ3n) is 5.90. The van der Waals surface area contributed by atoms with Crippen molar-refractivity contribution in [2.45, 2.75) is 17.8 Å². The number of hydrogen-bond donors (Lipinski definition) is 0. The molecule has 164 valence electrons. The van der Waals surface area contributed by atoms with Crippen LogP contribution in [0.1, 0.15) is 11.4 Å². The maximum Gasteiger partial charge on any atom is 0.262 e. The van der Waals surface area contributed by atoms with Crippen molar-refractivity contribution in [1.29, 1.82) is 0 Å². The summed E-state index contributed by atoms with van der Waals surface area (Å²) in [7, 11) is 3.37. The minimum atomic E-state index is -0.0936. The van der Waals surface area contributed by atoms with Crippen LogP contribution in [0.25, 0.3) is 33.2 Å². The first-order chi connectivity index (χ1) is 16.1. The molecule has 0 radical (unpaired) electrons. The lowest BCUT2D eigenvalue weighted by atomic mass is 10.1. The number of ether oxygens (including phenoxy) is 1. The van der Waals surface area contributed by atoms with E-state index in [0.717, 1.165) is 44.4 Å². The highest BCUT2D eigenvalue weighted by Crippen LogP contribution is 2.30. The lowest BCUT2D eigenvalue weighted by Crippen LogP contribution is -2.20. The van der Waals surface area contributed by atoms with Crippen LogP contribution in [0.3, 0.4) is 0 Å². The number of para-hydroxylation sites is 1. The summed E-state index contributed by atoms with van der Waals surface area (Å²) in [6, 6.07) is 15.5. The number of aryl methyl sites for hydroxylation is 2. The largest absolute Gasteiger partial charge is 0.497 e. The van der Waals surface area contributed by atoms with Crippen LogP contribution >= 0.6 is 11.8 Å². The van der Waals surface area contributed by atoms with Gasteiger partial charge in [-0.05, 0) is 42.8 Å². The van der Waals surface area contributed by atoms with Gasteiger partial charge >= 0.3 is 0 Å². The molecular formula is C23H19N7O2S. The molecule has 6 aromatic rings. The van der Waals surface area contributed by atoms with E-state index in [1.807, 2.05) is 51.3 Å². The molecule has 0 aliphatic heterocycles. The highest BCUT2D eigenvalue weighted by atomic mass is 32.2. The van der Waals surface area contributed by atoms with E-state index in [1.54, 1.807) is 14.2 Å². The monoisotopic (exact) mass is 457 g/mol. The number of thioether (sulfide) groups is 1. The summed E-state index contributed by atoms with van der Waals surface area (Å²) in [5.41, 5.74) is 3.57. The van der Waals surface area contributed by atoms with Gasteiger partial charge in [-0.2, -0.15) is 0 Å². The normalized spacial score (nSPS) is 11.8. The standard InChI is InChI=1S/C23H19N7O2S/c1-13-10-19-24-27-23(30(19)18-11-14(32-3)8-9-15(13)18)33-12-20-25-26-22-28(2)21(31)16-6-4-5-7-17(16)29(20)22/h4-11H,12H2,1-3H3. The Kier molecular flexibility index (Phi) is 4.37. The van der Waals surface area contributed by atoms with Gasteiger partial charge in [0.1, 0.15) is 11.6 Å². The maximum absolute atomic E-state index is 12.7. The first kappa shape index (κ1) is 19.7. The summed E-state index contributed by atoms with van der Waals surface area (Å²) in [6.07, 6.45) is 0. The fourth-order valence-electron chi connectivity index (χ4n) is 4.24. The topological polar surface area (TPSA) is 91.6 Å². The SMILES string of the molecule is COc1ccc2c(C)cc3nnc(SCc4nnc5n(C)c(=O)c6ccccc6n45)n3c2c1. The van der Waals surface area contributed by atoms with Crippen molar-refractivity contribution in [2.75, 3.05) is 7.11 Å². The number of nitrogens with zero attached hydrogens (tertiary/aromatic N) is 7. The number of benzene rings is 2. The van der Waals surface area contributed by atoms with Gasteiger partial charge in [0.2, 0.25) is 5.78 Å². The summed E-state index contributed by atoms with van der Waals surface area (Å²) in [6.45, 7) is 2.06. The number of rotatable bonds is 4. The minimum Gasteiger partial charge on any atom is -0.497 e. The van der Waals surface area contributed by atoms with Crippen molar-refractivity contribution in [3.63, 3.8) is 0 Å². The highest BCUT2D eigenvalue weighted by molar-refractivity contribution is 7.98. The summed E-state index contributed by atoms with van der Waals surface area (Å²) in [5, 5.41) is 20.0. The first-order valence-electron chi connectivity index (χ1n) is 10.3. The van der Waals surface area contributed by atoms with Crippen molar-refractivity contribution in [1.82, 2.24) is 33.8 Å². The van der Waals surface area contributed by atoms with Gasteiger partial charge in [0.25, 0.3) is 5.56 Å². The number of methoxy groups -OCH3 is 1. The van der Waals surface area contributed by atoms with Gasteiger partial charge in [-0.25, -0.2) is 0 Å². The molecular weight excluding hydrogens is 438 g/mol. The van der Waals surface area contributed by atoms with Gasteiger partial charge < -0.3 is 4.74 Å². The first-order valence-corrected chi connectivity index (χ1v) is 11.3. The molecule has 4 aromatic heterocycles. The maximum atomic E-state index is 12.7. The van der Waals surface area contributed by atoms with Gasteiger partial charge in [0.05, 0.1) is 29.3 Å². The zero-order chi connectivity index (χ0) is 22.7. The van der Waals surface area contributed by atoms with Crippen molar-refractivity contribution in [3.8, 4) is 5.75 Å². The molecule has 6 rings (SSSR count). The molecule has 0 saturated heterocycles. The fourth-order valence-corrected chi connectivity index (χ4v) is 5.10. The fraction of sp³-hybridized carbons (Fsp3) is 0.174. The van der Waals surface area contributed by atoms with Crippen LogP contribution < -0.4 is 10.3 Å². The number of pyridine rings is 1. The van der Waals surface area contributed by atoms with Crippen molar-refractivity contribution >= 4 is 45.0 Å². The molecule has 33 heavy (non-hydrogen) atoms. The average Bonchev–Trinajstić information content (AvgIpc) is 3.45. The minimum absolute atomic E-state index is 0.0936. The smallest absolute Gasteiger partial charge is 0.262 e. The molecule has 0 amide bonds. The van der Waals surface area contributed by atoms with Crippen molar-refractivity contribution < 1.29 is 4.74 Å². The lowest BCUT2D eigenvalue weighted by molar-refractivity contribution is 0.415. The molecule has 0 N–H and O–H groups in total. The summed E-state index contributed by atoms with van der Waals surface area (Å²) in [5.74, 6) is 2.51. The molecule has 0 atom stereocenters. The van der Waals surface area contributed by atoms with Crippen molar-refractivity contribution in [3.05, 3.63) is 70.3 Å². The average molecular weight is 458 g/mol. The number of fused-ring (bicyclic) bond motifs is 6. The number of aromatic nitrogens is 7. The second kappa shape index (κ2) is 7.31. The molecule has 0 unspecified atom stereocenters. The molecule has 0 saturated carbocycles. The predicted octanol–water partition coefficient (Wildman–Crippen LogP) is 3.39. The lowest BCUT2D eigenvalue weighted by Gasteiger charge is -2.09. The van der Waals surface area contributed by atoms with Gasteiger partial charge in [-0.15, -0.1) is 20.4 Å². The Bertz CT molecular complexity index is 1770. The molecule has 0 bridgehead atoms. The molecule has 0 fully saturated rings. The van der Waals surface area contributed by atoms with Gasteiger partial charge in [0, 0.05) is 18.5 Å². The quantitative estimate of drug-likeness (QED) is 0.375. The van der Waals surface area contributed by atoms with Crippen molar-refractivity contribution in [2.24, 2.45) is 7.05 Å². The highest BCUT2D eigenvalue weighted by Gasteiger charge is 2.17. The molecule has 0 aliphatic rings. The summed E-state index contributed by atoms with van der Waals surface area (Å²) < 4.78 is 10.9. The second-order valence-corrected chi connectivity index (χ2v) is 8.75. The van der Waals surface area contributed by atoms with E-state index in [0.29, 0.717) is 16.9 Å². The van der Waals surface area contributed by atoms with Crippen LogP contribution in [0, 0.1) is 6.92 Å². The second-order valence-electron chi connectivity index (χ2n) is 7.81. The summed E-state index contributed by atoms with van der Waals surface area (Å²) >= 11 is 1.52. The Hall–Kier alpha value is -3.92. The Morgan fingerprint density at radius 3 is 2.64 bits per heavy atom. The Morgan fingerprint density at radius 1 is 0.939 bits per heavy atom. The van der Waals surface area contributed by atoms with E-state index in [2.05, 4.69) is 33.4 Å². The van der Waals surface area contributed by atoms with Crippen LogP contribution in [0.15, 0.2) is 58.5 Å². The third-order valence-corrected chi connectivity index (χ3v) is 6.82. The van der Waals surface area contributed by atoms with Gasteiger partial charge in [0.15, 0.2) is 10.8 Å². The van der Waals surface area contributed by atoms with Gasteiger partial charge in [-0.3, -0.25) is 18.2 Å². The Morgan fingerprint density at radius 2 is 1.79 bits per heavy atom. The van der Waals surface area contributed by atoms with E-state index in [1.165, 1.54) is 16.3 Å². The zero-order valence-corrected chi connectivity index (χ0v) is 19.0. The van der Waals surface area contributed by atoms with Crippen LogP contribution in [-0.2, 0) is 12.8 Å². The molecule has 2 aromatic carbocycles. The predicted molar refractivity (Wildman–Crippen MR) is 127 cm³/mol.